The molecular formula is C25H20F6N2O5. The molecule has 3 aliphatic rings. The maximum Gasteiger partial charge on any atom is 0.411 e. The van der Waals surface area contributed by atoms with Crippen molar-refractivity contribution in [1.82, 2.24) is 0 Å². The van der Waals surface area contributed by atoms with Crippen molar-refractivity contribution >= 4 is 23.2 Å². The fraction of sp³-hybridized carbons (Fsp3) is 0.360. The third-order valence-corrected chi connectivity index (χ3v) is 7.61. The van der Waals surface area contributed by atoms with Gasteiger partial charge in [0.25, 0.3) is 0 Å². The number of alkyl halides is 6. The first kappa shape index (κ1) is 25.9. The number of aromatic hydroxyl groups is 2. The van der Waals surface area contributed by atoms with Gasteiger partial charge in [0.05, 0.1) is 24.6 Å². The Morgan fingerprint density at radius 1 is 0.842 bits per heavy atom. The van der Waals surface area contributed by atoms with Crippen LogP contribution in [0.5, 0.6) is 11.5 Å². The van der Waals surface area contributed by atoms with E-state index in [1.165, 1.54) is 0 Å². The molecule has 1 aliphatic heterocycles. The molecular weight excluding hydrogens is 522 g/mol. The Bertz CT molecular complexity index is 1310. The van der Waals surface area contributed by atoms with Gasteiger partial charge < -0.3 is 10.2 Å². The van der Waals surface area contributed by atoms with Gasteiger partial charge in [0.2, 0.25) is 17.2 Å². The van der Waals surface area contributed by atoms with Crippen LogP contribution in [0.15, 0.2) is 48.6 Å². The number of phenolic OH excluding ortho intramolecular Hbond substituents is 2. The van der Waals surface area contributed by atoms with Crippen molar-refractivity contribution in [3.63, 3.8) is 0 Å². The summed E-state index contributed by atoms with van der Waals surface area (Å²) in [5.74, 6) is -5.22. The molecule has 38 heavy (non-hydrogen) atoms. The molecule has 0 radical (unpaired) electrons. The van der Waals surface area contributed by atoms with Crippen LogP contribution in [0.25, 0.3) is 0 Å². The number of allylic oxidation sites excluding steroid dienone is 2. The summed E-state index contributed by atoms with van der Waals surface area (Å²) in [7, 11) is 1.04. The SMILES string of the molecule is CONc1cc(C(c2ccc(O)c(N3C(=O)C4C5C=CC(C5)C4C3=O)c2)(C(F)(F)F)C(F)(F)F)ccc1O. The summed E-state index contributed by atoms with van der Waals surface area (Å²) in [6.45, 7) is 0. The number of carbonyl (C=O) groups excluding carboxylic acids is 2. The van der Waals surface area contributed by atoms with Gasteiger partial charge in [0.15, 0.2) is 0 Å². The first-order chi connectivity index (χ1) is 17.7. The van der Waals surface area contributed by atoms with Crippen molar-refractivity contribution < 1.29 is 51.0 Å². The highest BCUT2D eigenvalue weighted by atomic mass is 19.4. The second kappa shape index (κ2) is 8.38. The first-order valence-electron chi connectivity index (χ1n) is 11.4. The van der Waals surface area contributed by atoms with Crippen LogP contribution in [0.4, 0.5) is 37.7 Å². The molecule has 2 aromatic rings. The molecule has 5 rings (SSSR count). The quantitative estimate of drug-likeness (QED) is 0.165. The monoisotopic (exact) mass is 542 g/mol. The standard InChI is InChI=1S/C25H20F6N2O5/c1-38-32-15-9-13(4-6-17(15)34)23(24(26,27)28,25(29,30)31)14-5-7-18(35)16(10-14)33-21(36)19-11-2-3-12(8-11)20(19)22(33)37/h2-7,9-12,19-20,32,34-35H,8H2,1H3. The number of fused-ring (bicyclic) bond motifs is 5. The minimum absolute atomic E-state index is 0.273. The predicted octanol–water partition coefficient (Wildman–Crippen LogP) is 4.79. The van der Waals surface area contributed by atoms with Crippen LogP contribution < -0.4 is 10.4 Å². The molecule has 13 heteroatoms. The Balaban J connectivity index is 1.71. The molecule has 1 saturated heterocycles. The lowest BCUT2D eigenvalue weighted by Crippen LogP contribution is -2.54. The number of hydrogen-bond donors (Lipinski definition) is 3. The molecule has 1 saturated carbocycles. The van der Waals surface area contributed by atoms with Crippen LogP contribution in [0.3, 0.4) is 0 Å². The van der Waals surface area contributed by atoms with E-state index in [-0.39, 0.29) is 11.8 Å². The Morgan fingerprint density at radius 3 is 1.84 bits per heavy atom. The molecule has 0 aromatic heterocycles. The smallest absolute Gasteiger partial charge is 0.411 e. The van der Waals surface area contributed by atoms with Gasteiger partial charge in [-0.2, -0.15) is 26.3 Å². The average molecular weight is 542 g/mol. The topological polar surface area (TPSA) is 99.1 Å². The van der Waals surface area contributed by atoms with Crippen LogP contribution >= 0.6 is 0 Å². The van der Waals surface area contributed by atoms with E-state index in [0.29, 0.717) is 47.7 Å². The highest BCUT2D eigenvalue weighted by Gasteiger charge is 2.73. The van der Waals surface area contributed by atoms with Crippen LogP contribution in [0.2, 0.25) is 0 Å². The number of hydrogen-bond acceptors (Lipinski definition) is 6. The number of anilines is 2. The van der Waals surface area contributed by atoms with E-state index < -0.39 is 75.4 Å². The predicted molar refractivity (Wildman–Crippen MR) is 120 cm³/mol. The summed E-state index contributed by atoms with van der Waals surface area (Å²) in [5, 5.41) is 20.3. The summed E-state index contributed by atoms with van der Waals surface area (Å²) in [5.41, 5.74) is -6.70. The van der Waals surface area contributed by atoms with Crippen molar-refractivity contribution in [2.45, 2.75) is 24.2 Å². The van der Waals surface area contributed by atoms with E-state index in [1.54, 1.807) is 12.2 Å². The van der Waals surface area contributed by atoms with Gasteiger partial charge in [0.1, 0.15) is 17.2 Å². The van der Waals surface area contributed by atoms with Gasteiger partial charge >= 0.3 is 12.4 Å². The molecule has 2 aliphatic carbocycles. The van der Waals surface area contributed by atoms with Gasteiger partial charge in [-0.05, 0) is 53.6 Å². The zero-order chi connectivity index (χ0) is 27.8. The number of carbonyl (C=O) groups is 2. The van der Waals surface area contributed by atoms with E-state index in [1.807, 2.05) is 5.48 Å². The molecule has 2 fully saturated rings. The molecule has 0 spiro atoms. The molecule has 2 amide bonds. The lowest BCUT2D eigenvalue weighted by molar-refractivity contribution is -0.288. The largest absolute Gasteiger partial charge is 0.506 e. The number of nitrogens with one attached hydrogen (secondary N) is 1. The van der Waals surface area contributed by atoms with Gasteiger partial charge in [0, 0.05) is 0 Å². The van der Waals surface area contributed by atoms with E-state index in [0.717, 1.165) is 7.11 Å². The second-order valence-electron chi connectivity index (χ2n) is 9.50. The van der Waals surface area contributed by atoms with E-state index >= 15 is 0 Å². The number of halogens is 6. The fourth-order valence-electron chi connectivity index (χ4n) is 6.02. The Morgan fingerprint density at radius 2 is 1.34 bits per heavy atom. The Hall–Kier alpha value is -3.74. The van der Waals surface area contributed by atoms with Crippen molar-refractivity contribution in [3.8, 4) is 11.5 Å². The summed E-state index contributed by atoms with van der Waals surface area (Å²) in [6, 6.07) is 2.94. The van der Waals surface area contributed by atoms with Crippen LogP contribution in [-0.4, -0.2) is 41.5 Å². The first-order valence-corrected chi connectivity index (χ1v) is 11.4. The average Bonchev–Trinajstić information content (AvgIpc) is 3.50. The number of amides is 2. The van der Waals surface area contributed by atoms with Gasteiger partial charge in [-0.25, -0.2) is 4.90 Å². The molecule has 1 heterocycles. The molecule has 2 bridgehead atoms. The molecule has 7 nitrogen and oxygen atoms in total. The minimum atomic E-state index is -6.00. The van der Waals surface area contributed by atoms with Gasteiger partial charge in [-0.3, -0.25) is 19.9 Å². The van der Waals surface area contributed by atoms with Crippen LogP contribution in [0.1, 0.15) is 17.5 Å². The zero-order valence-corrected chi connectivity index (χ0v) is 19.5. The Kier molecular flexibility index (Phi) is 5.71. The number of imide groups is 1. The summed E-state index contributed by atoms with van der Waals surface area (Å²) >= 11 is 0. The molecule has 4 atom stereocenters. The van der Waals surface area contributed by atoms with Crippen molar-refractivity contribution in [2.24, 2.45) is 23.7 Å². The number of nitrogens with zero attached hydrogens (tertiary/aromatic N) is 1. The summed E-state index contributed by atoms with van der Waals surface area (Å²) in [4.78, 5) is 31.4. The van der Waals surface area contributed by atoms with Crippen LogP contribution in [-0.2, 0) is 19.8 Å². The fourth-order valence-corrected chi connectivity index (χ4v) is 6.02. The summed E-state index contributed by atoms with van der Waals surface area (Å²) < 4.78 is 88.0. The third kappa shape index (κ3) is 3.40. The van der Waals surface area contributed by atoms with E-state index in [2.05, 4.69) is 4.84 Å². The molecule has 4 unspecified atom stereocenters. The number of rotatable bonds is 5. The number of phenols is 2. The molecule has 3 N–H and O–H groups in total. The lowest BCUT2D eigenvalue weighted by Gasteiger charge is -2.39. The minimum Gasteiger partial charge on any atom is -0.506 e. The third-order valence-electron chi connectivity index (χ3n) is 7.61. The Labute approximate surface area is 211 Å². The maximum absolute atomic E-state index is 14.7. The summed E-state index contributed by atoms with van der Waals surface area (Å²) in [6.07, 6.45) is -7.91. The van der Waals surface area contributed by atoms with Crippen molar-refractivity contribution in [2.75, 3.05) is 17.5 Å². The zero-order valence-electron chi connectivity index (χ0n) is 19.5. The molecule has 202 valence electrons. The van der Waals surface area contributed by atoms with E-state index in [4.69, 9.17) is 0 Å². The number of benzene rings is 2. The van der Waals surface area contributed by atoms with Crippen molar-refractivity contribution in [1.29, 1.82) is 0 Å². The highest BCUT2D eigenvalue weighted by Crippen LogP contribution is 2.59. The van der Waals surface area contributed by atoms with Gasteiger partial charge in [-0.15, -0.1) is 0 Å². The normalized spacial score (nSPS) is 24.9. The highest BCUT2D eigenvalue weighted by molar-refractivity contribution is 6.23. The van der Waals surface area contributed by atoms with Gasteiger partial charge in [-0.1, -0.05) is 24.3 Å². The second-order valence-corrected chi connectivity index (χ2v) is 9.50. The van der Waals surface area contributed by atoms with Crippen molar-refractivity contribution in [3.05, 3.63) is 59.7 Å². The van der Waals surface area contributed by atoms with E-state index in [9.17, 15) is 46.1 Å². The lowest BCUT2D eigenvalue weighted by atomic mass is 9.72. The van der Waals surface area contributed by atoms with Crippen LogP contribution in [0, 0.1) is 23.7 Å². The molecule has 2 aromatic carbocycles. The maximum atomic E-state index is 14.7.